The number of hydrogen-bond acceptors (Lipinski definition) is 4. The van der Waals surface area contributed by atoms with Crippen LogP contribution in [0.2, 0.25) is 5.02 Å². The van der Waals surface area contributed by atoms with Crippen LogP contribution < -0.4 is 10.6 Å². The van der Waals surface area contributed by atoms with Crippen LogP contribution in [0.15, 0.2) is 29.6 Å². The Kier molecular flexibility index (Phi) is 5.55. The second-order valence-corrected chi connectivity index (χ2v) is 5.93. The maximum absolute atomic E-state index is 11.5. The molecule has 21 heavy (non-hydrogen) atoms. The summed E-state index contributed by atoms with van der Waals surface area (Å²) in [5, 5.41) is 17.8. The SMILES string of the molecule is C[C@@H](O)CNC(=O)NCc1nc(-c2ccc(Cl)cc2)cs1. The maximum atomic E-state index is 11.5. The van der Waals surface area contributed by atoms with Gasteiger partial charge < -0.3 is 15.7 Å². The Morgan fingerprint density at radius 3 is 2.76 bits per heavy atom. The van der Waals surface area contributed by atoms with Crippen molar-refractivity contribution >= 4 is 29.0 Å². The highest BCUT2D eigenvalue weighted by Gasteiger charge is 2.07. The first-order valence-corrected chi connectivity index (χ1v) is 7.70. The van der Waals surface area contributed by atoms with Crippen molar-refractivity contribution in [3.8, 4) is 11.3 Å². The predicted molar refractivity (Wildman–Crippen MR) is 84.5 cm³/mol. The van der Waals surface area contributed by atoms with Gasteiger partial charge in [0.15, 0.2) is 0 Å². The highest BCUT2D eigenvalue weighted by atomic mass is 35.5. The molecule has 0 saturated carbocycles. The fourth-order valence-corrected chi connectivity index (χ4v) is 2.47. The molecule has 2 rings (SSSR count). The fourth-order valence-electron chi connectivity index (χ4n) is 1.60. The molecule has 0 fully saturated rings. The lowest BCUT2D eigenvalue weighted by molar-refractivity contribution is 0.187. The average Bonchev–Trinajstić information content (AvgIpc) is 2.92. The van der Waals surface area contributed by atoms with Crippen LogP contribution in [0.1, 0.15) is 11.9 Å². The van der Waals surface area contributed by atoms with Crippen LogP contribution in [0.4, 0.5) is 4.79 Å². The van der Waals surface area contributed by atoms with E-state index in [1.807, 2.05) is 29.6 Å². The van der Waals surface area contributed by atoms with Gasteiger partial charge in [-0.25, -0.2) is 9.78 Å². The topological polar surface area (TPSA) is 74.2 Å². The van der Waals surface area contributed by atoms with Crippen molar-refractivity contribution in [2.24, 2.45) is 0 Å². The van der Waals surface area contributed by atoms with E-state index in [1.54, 1.807) is 6.92 Å². The number of amides is 2. The van der Waals surface area contributed by atoms with Crippen LogP contribution in [-0.4, -0.2) is 28.8 Å². The number of urea groups is 1. The normalized spacial score (nSPS) is 12.0. The number of aromatic nitrogens is 1. The number of aliphatic hydroxyl groups excluding tert-OH is 1. The zero-order valence-corrected chi connectivity index (χ0v) is 13.0. The summed E-state index contributed by atoms with van der Waals surface area (Å²) in [6.45, 7) is 2.18. The third-order valence-corrected chi connectivity index (χ3v) is 3.75. The molecule has 1 heterocycles. The molecule has 0 aliphatic heterocycles. The summed E-state index contributed by atoms with van der Waals surface area (Å²) in [6.07, 6.45) is -0.563. The number of nitrogens with one attached hydrogen (secondary N) is 2. The molecule has 0 radical (unpaired) electrons. The Balaban J connectivity index is 1.88. The number of thiazole rings is 1. The third kappa shape index (κ3) is 5.00. The van der Waals surface area contributed by atoms with Gasteiger partial charge in [-0.05, 0) is 19.1 Å². The van der Waals surface area contributed by atoms with Gasteiger partial charge in [0.1, 0.15) is 5.01 Å². The molecule has 1 aromatic carbocycles. The quantitative estimate of drug-likeness (QED) is 0.791. The Morgan fingerprint density at radius 1 is 1.38 bits per heavy atom. The van der Waals surface area contributed by atoms with E-state index in [0.29, 0.717) is 11.6 Å². The summed E-state index contributed by atoms with van der Waals surface area (Å²) in [4.78, 5) is 15.9. The second-order valence-electron chi connectivity index (χ2n) is 4.55. The van der Waals surface area contributed by atoms with Crippen molar-refractivity contribution < 1.29 is 9.90 Å². The van der Waals surface area contributed by atoms with Crippen molar-refractivity contribution in [1.82, 2.24) is 15.6 Å². The Bertz CT molecular complexity index is 599. The molecule has 5 nitrogen and oxygen atoms in total. The first-order chi connectivity index (χ1) is 10.0. The fraction of sp³-hybridized carbons (Fsp3) is 0.286. The van der Waals surface area contributed by atoms with Crippen molar-refractivity contribution in [2.75, 3.05) is 6.54 Å². The molecule has 0 saturated heterocycles. The van der Waals surface area contributed by atoms with Gasteiger partial charge in [0, 0.05) is 22.5 Å². The van der Waals surface area contributed by atoms with E-state index in [4.69, 9.17) is 16.7 Å². The molecule has 0 unspecified atom stereocenters. The molecule has 3 N–H and O–H groups in total. The number of benzene rings is 1. The molecule has 0 aliphatic rings. The zero-order chi connectivity index (χ0) is 15.2. The average molecular weight is 326 g/mol. The van der Waals surface area contributed by atoms with Gasteiger partial charge in [-0.2, -0.15) is 0 Å². The smallest absolute Gasteiger partial charge is 0.315 e. The van der Waals surface area contributed by atoms with E-state index in [0.717, 1.165) is 16.3 Å². The van der Waals surface area contributed by atoms with E-state index in [1.165, 1.54) is 11.3 Å². The van der Waals surface area contributed by atoms with Gasteiger partial charge in [-0.1, -0.05) is 23.7 Å². The molecular weight excluding hydrogens is 310 g/mol. The van der Waals surface area contributed by atoms with Crippen LogP contribution in [0.5, 0.6) is 0 Å². The molecule has 112 valence electrons. The minimum Gasteiger partial charge on any atom is -0.392 e. The minimum atomic E-state index is -0.563. The number of carbonyl (C=O) groups excluding carboxylic acids is 1. The van der Waals surface area contributed by atoms with Crippen molar-refractivity contribution in [2.45, 2.75) is 19.6 Å². The molecule has 0 aliphatic carbocycles. The van der Waals surface area contributed by atoms with Crippen LogP contribution in [0.3, 0.4) is 0 Å². The lowest BCUT2D eigenvalue weighted by atomic mass is 10.2. The van der Waals surface area contributed by atoms with E-state index < -0.39 is 6.10 Å². The number of carbonyl (C=O) groups is 1. The Labute approximate surface area is 132 Å². The summed E-state index contributed by atoms with van der Waals surface area (Å²) in [7, 11) is 0. The molecular formula is C14H16ClN3O2S. The Hall–Kier alpha value is -1.63. The summed E-state index contributed by atoms with van der Waals surface area (Å²) in [5.74, 6) is 0. The zero-order valence-electron chi connectivity index (χ0n) is 11.5. The molecule has 2 aromatic rings. The van der Waals surface area contributed by atoms with Crippen LogP contribution in [0.25, 0.3) is 11.3 Å². The van der Waals surface area contributed by atoms with E-state index in [2.05, 4.69) is 15.6 Å². The summed E-state index contributed by atoms with van der Waals surface area (Å²) in [6, 6.07) is 7.13. The monoisotopic (exact) mass is 325 g/mol. The van der Waals surface area contributed by atoms with Crippen LogP contribution >= 0.6 is 22.9 Å². The maximum Gasteiger partial charge on any atom is 0.315 e. The highest BCUT2D eigenvalue weighted by molar-refractivity contribution is 7.09. The van der Waals surface area contributed by atoms with Crippen molar-refractivity contribution in [1.29, 1.82) is 0 Å². The lowest BCUT2D eigenvalue weighted by Crippen LogP contribution is -2.38. The van der Waals surface area contributed by atoms with Crippen molar-refractivity contribution in [3.63, 3.8) is 0 Å². The van der Waals surface area contributed by atoms with Gasteiger partial charge in [-0.15, -0.1) is 11.3 Å². The van der Waals surface area contributed by atoms with Crippen molar-refractivity contribution in [3.05, 3.63) is 39.7 Å². The first kappa shape index (κ1) is 15.8. The van der Waals surface area contributed by atoms with Gasteiger partial charge in [-0.3, -0.25) is 0 Å². The number of rotatable bonds is 5. The van der Waals surface area contributed by atoms with Gasteiger partial charge in [0.25, 0.3) is 0 Å². The second kappa shape index (κ2) is 7.40. The molecule has 7 heteroatoms. The van der Waals surface area contributed by atoms with E-state index >= 15 is 0 Å². The number of halogens is 1. The molecule has 0 bridgehead atoms. The highest BCUT2D eigenvalue weighted by Crippen LogP contribution is 2.23. The third-order valence-electron chi connectivity index (χ3n) is 2.65. The van der Waals surface area contributed by atoms with Gasteiger partial charge in [0.2, 0.25) is 0 Å². The molecule has 0 spiro atoms. The molecule has 1 aromatic heterocycles. The number of hydrogen-bond donors (Lipinski definition) is 3. The lowest BCUT2D eigenvalue weighted by Gasteiger charge is -2.07. The molecule has 1 atom stereocenters. The Morgan fingerprint density at radius 2 is 2.10 bits per heavy atom. The summed E-state index contributed by atoms with van der Waals surface area (Å²) in [5.41, 5.74) is 1.85. The van der Waals surface area contributed by atoms with E-state index in [-0.39, 0.29) is 12.6 Å². The first-order valence-electron chi connectivity index (χ1n) is 6.44. The van der Waals surface area contributed by atoms with Gasteiger partial charge in [0.05, 0.1) is 18.3 Å². The largest absolute Gasteiger partial charge is 0.392 e. The van der Waals surface area contributed by atoms with Crippen LogP contribution in [-0.2, 0) is 6.54 Å². The number of aliphatic hydroxyl groups is 1. The van der Waals surface area contributed by atoms with Gasteiger partial charge >= 0.3 is 6.03 Å². The van der Waals surface area contributed by atoms with Crippen LogP contribution in [0, 0.1) is 0 Å². The predicted octanol–water partition coefficient (Wildman–Crippen LogP) is 2.64. The number of nitrogens with zero attached hydrogens (tertiary/aromatic N) is 1. The summed E-state index contributed by atoms with van der Waals surface area (Å²) < 4.78 is 0. The molecule has 2 amide bonds. The summed E-state index contributed by atoms with van der Waals surface area (Å²) >= 11 is 7.33. The minimum absolute atomic E-state index is 0.222. The van der Waals surface area contributed by atoms with E-state index in [9.17, 15) is 4.79 Å². The standard InChI is InChI=1S/C14H16ClN3O2S/c1-9(19)6-16-14(20)17-7-13-18-12(8-21-13)10-2-4-11(15)5-3-10/h2-5,8-9,19H,6-7H2,1H3,(H2,16,17,20)/t9-/m1/s1.